The van der Waals surface area contributed by atoms with E-state index in [1.54, 1.807) is 11.1 Å². The topological polar surface area (TPSA) is 71.1 Å². The molecule has 7 heteroatoms. The highest BCUT2D eigenvalue weighted by atomic mass is 35.5. The number of H-pyrrole nitrogens is 1. The van der Waals surface area contributed by atoms with Crippen molar-refractivity contribution in [3.8, 4) is 0 Å². The standard InChI is InChI=1S/C21H21ClN4O2/c1-14-17(12-23-25-14)21(27)26-9-10-28-20(13-26)19-8-4-6-16(24-19)11-15-5-2-3-7-18(15)22/h2-8,12,20H,9-11,13H2,1H3,(H,23,25). The van der Waals surface area contributed by atoms with Gasteiger partial charge in [0.15, 0.2) is 0 Å². The van der Waals surface area contributed by atoms with Crippen molar-refractivity contribution in [3.05, 3.63) is 81.9 Å². The highest BCUT2D eigenvalue weighted by molar-refractivity contribution is 6.31. The molecule has 4 rings (SSSR count). The van der Waals surface area contributed by atoms with Gasteiger partial charge in [-0.2, -0.15) is 5.10 Å². The number of amides is 1. The lowest BCUT2D eigenvalue weighted by molar-refractivity contribution is -0.0248. The Labute approximate surface area is 168 Å². The number of pyridine rings is 1. The van der Waals surface area contributed by atoms with Crippen LogP contribution >= 0.6 is 11.6 Å². The van der Waals surface area contributed by atoms with E-state index in [4.69, 9.17) is 21.3 Å². The van der Waals surface area contributed by atoms with Crippen molar-refractivity contribution in [2.45, 2.75) is 19.4 Å². The van der Waals surface area contributed by atoms with E-state index in [9.17, 15) is 4.79 Å². The Bertz CT molecular complexity index is 988. The second-order valence-corrected chi connectivity index (χ2v) is 7.25. The number of nitrogens with one attached hydrogen (secondary N) is 1. The number of hydrogen-bond acceptors (Lipinski definition) is 4. The van der Waals surface area contributed by atoms with Crippen molar-refractivity contribution >= 4 is 17.5 Å². The number of aromatic amines is 1. The van der Waals surface area contributed by atoms with Gasteiger partial charge in [0.25, 0.3) is 5.91 Å². The number of morpholine rings is 1. The summed E-state index contributed by atoms with van der Waals surface area (Å²) < 4.78 is 5.92. The Morgan fingerprint density at radius 1 is 1.29 bits per heavy atom. The van der Waals surface area contributed by atoms with Gasteiger partial charge in [0, 0.05) is 29.4 Å². The number of hydrogen-bond donors (Lipinski definition) is 1. The first-order valence-corrected chi connectivity index (χ1v) is 9.59. The number of aromatic nitrogens is 3. The summed E-state index contributed by atoms with van der Waals surface area (Å²) in [5.74, 6) is -0.0354. The Morgan fingerprint density at radius 2 is 2.14 bits per heavy atom. The van der Waals surface area contributed by atoms with E-state index in [-0.39, 0.29) is 12.0 Å². The maximum Gasteiger partial charge on any atom is 0.257 e. The van der Waals surface area contributed by atoms with Gasteiger partial charge in [-0.1, -0.05) is 35.9 Å². The predicted octanol–water partition coefficient (Wildman–Crippen LogP) is 3.57. The van der Waals surface area contributed by atoms with E-state index in [1.807, 2.05) is 49.4 Å². The van der Waals surface area contributed by atoms with Gasteiger partial charge in [-0.3, -0.25) is 14.9 Å². The molecular weight excluding hydrogens is 376 g/mol. The molecule has 1 atom stereocenters. The first-order valence-electron chi connectivity index (χ1n) is 9.22. The fourth-order valence-corrected chi connectivity index (χ4v) is 3.56. The summed E-state index contributed by atoms with van der Waals surface area (Å²) in [5, 5.41) is 7.49. The molecule has 1 aliphatic rings. The normalized spacial score (nSPS) is 16.9. The molecule has 1 fully saturated rings. The molecule has 144 valence electrons. The van der Waals surface area contributed by atoms with Crippen molar-refractivity contribution in [2.75, 3.05) is 19.7 Å². The third kappa shape index (κ3) is 3.93. The summed E-state index contributed by atoms with van der Waals surface area (Å²) in [6, 6.07) is 13.7. The fourth-order valence-electron chi connectivity index (χ4n) is 3.36. The van der Waals surface area contributed by atoms with Gasteiger partial charge in [-0.25, -0.2) is 0 Å². The van der Waals surface area contributed by atoms with Crippen molar-refractivity contribution in [3.63, 3.8) is 0 Å². The van der Waals surface area contributed by atoms with Gasteiger partial charge >= 0.3 is 0 Å². The van der Waals surface area contributed by atoms with Gasteiger partial charge in [-0.15, -0.1) is 0 Å². The van der Waals surface area contributed by atoms with Crippen LogP contribution in [0, 0.1) is 6.92 Å². The monoisotopic (exact) mass is 396 g/mol. The molecule has 3 aromatic rings. The van der Waals surface area contributed by atoms with Gasteiger partial charge in [0.1, 0.15) is 6.10 Å². The van der Waals surface area contributed by atoms with Crippen LogP contribution < -0.4 is 0 Å². The van der Waals surface area contributed by atoms with Crippen LogP contribution in [0.15, 0.2) is 48.7 Å². The molecule has 0 saturated carbocycles. The Hall–Kier alpha value is -2.70. The van der Waals surface area contributed by atoms with Crippen LogP contribution in [0.5, 0.6) is 0 Å². The minimum Gasteiger partial charge on any atom is -0.368 e. The smallest absolute Gasteiger partial charge is 0.257 e. The zero-order valence-corrected chi connectivity index (χ0v) is 16.3. The summed E-state index contributed by atoms with van der Waals surface area (Å²) >= 11 is 6.27. The minimum absolute atomic E-state index is 0.0354. The van der Waals surface area contributed by atoms with Crippen LogP contribution in [0.3, 0.4) is 0 Å². The summed E-state index contributed by atoms with van der Waals surface area (Å²) in [6.07, 6.45) is 1.97. The lowest BCUT2D eigenvalue weighted by atomic mass is 10.1. The average molecular weight is 397 g/mol. The van der Waals surface area contributed by atoms with Gasteiger partial charge < -0.3 is 9.64 Å². The fraction of sp³-hybridized carbons (Fsp3) is 0.286. The third-order valence-corrected chi connectivity index (χ3v) is 5.27. The molecule has 0 radical (unpaired) electrons. The van der Waals surface area contributed by atoms with Crippen molar-refractivity contribution in [2.24, 2.45) is 0 Å². The molecule has 3 heterocycles. The number of benzene rings is 1. The number of halogens is 1. The van der Waals surface area contributed by atoms with Crippen LogP contribution in [0.1, 0.15) is 39.1 Å². The molecule has 1 amide bonds. The van der Waals surface area contributed by atoms with E-state index in [1.165, 1.54) is 0 Å². The highest BCUT2D eigenvalue weighted by Gasteiger charge is 2.28. The molecular formula is C21H21ClN4O2. The van der Waals surface area contributed by atoms with Crippen molar-refractivity contribution in [1.29, 1.82) is 0 Å². The van der Waals surface area contributed by atoms with E-state index in [2.05, 4.69) is 10.2 Å². The predicted molar refractivity (Wildman–Crippen MR) is 106 cm³/mol. The van der Waals surface area contributed by atoms with E-state index >= 15 is 0 Å². The zero-order chi connectivity index (χ0) is 19.5. The quantitative estimate of drug-likeness (QED) is 0.731. The molecule has 28 heavy (non-hydrogen) atoms. The third-order valence-electron chi connectivity index (χ3n) is 4.90. The first kappa shape index (κ1) is 18.7. The summed E-state index contributed by atoms with van der Waals surface area (Å²) in [7, 11) is 0. The molecule has 1 aromatic carbocycles. The van der Waals surface area contributed by atoms with Crippen LogP contribution in [-0.4, -0.2) is 45.7 Å². The van der Waals surface area contributed by atoms with Crippen LogP contribution in [0.25, 0.3) is 0 Å². The Balaban J connectivity index is 1.50. The first-order chi connectivity index (χ1) is 13.6. The van der Waals surface area contributed by atoms with Crippen LogP contribution in [0.4, 0.5) is 0 Å². The molecule has 0 bridgehead atoms. The summed E-state index contributed by atoms with van der Waals surface area (Å²) in [6.45, 7) is 3.34. The van der Waals surface area contributed by atoms with Gasteiger partial charge in [-0.05, 0) is 30.7 Å². The minimum atomic E-state index is -0.254. The molecule has 1 unspecified atom stereocenters. The summed E-state index contributed by atoms with van der Waals surface area (Å²) in [5.41, 5.74) is 4.15. The Morgan fingerprint density at radius 3 is 2.93 bits per heavy atom. The number of carbonyl (C=O) groups is 1. The second kappa shape index (κ2) is 8.12. The molecule has 0 aliphatic carbocycles. The summed E-state index contributed by atoms with van der Waals surface area (Å²) in [4.78, 5) is 19.3. The number of ether oxygens (including phenoxy) is 1. The maximum atomic E-state index is 12.8. The molecule has 1 N–H and O–H groups in total. The molecule has 2 aromatic heterocycles. The van der Waals surface area contributed by atoms with Crippen LogP contribution in [-0.2, 0) is 11.2 Å². The van der Waals surface area contributed by atoms with Crippen molar-refractivity contribution < 1.29 is 9.53 Å². The number of rotatable bonds is 4. The molecule has 1 saturated heterocycles. The number of carbonyl (C=O) groups excluding carboxylic acids is 1. The van der Waals surface area contributed by atoms with Crippen molar-refractivity contribution in [1.82, 2.24) is 20.1 Å². The van der Waals surface area contributed by atoms with Gasteiger partial charge in [0.05, 0.1) is 30.6 Å². The SMILES string of the molecule is Cc1[nH]ncc1C(=O)N1CCOC(c2cccc(Cc3ccccc3Cl)n2)C1. The molecule has 0 spiro atoms. The Kier molecular flexibility index (Phi) is 5.41. The largest absolute Gasteiger partial charge is 0.368 e. The molecule has 1 aliphatic heterocycles. The van der Waals surface area contributed by atoms with Gasteiger partial charge in [0.2, 0.25) is 0 Å². The lowest BCUT2D eigenvalue weighted by Gasteiger charge is -2.32. The van der Waals surface area contributed by atoms with Crippen LogP contribution in [0.2, 0.25) is 5.02 Å². The second-order valence-electron chi connectivity index (χ2n) is 6.84. The highest BCUT2D eigenvalue weighted by Crippen LogP contribution is 2.24. The van der Waals surface area contributed by atoms with E-state index in [0.29, 0.717) is 31.7 Å². The zero-order valence-electron chi connectivity index (χ0n) is 15.6. The number of aryl methyl sites for hydroxylation is 1. The maximum absolute atomic E-state index is 12.8. The molecule has 6 nitrogen and oxygen atoms in total. The number of nitrogens with zero attached hydrogens (tertiary/aromatic N) is 3. The van der Waals surface area contributed by atoms with E-state index in [0.717, 1.165) is 27.7 Å². The average Bonchev–Trinajstić information content (AvgIpc) is 3.15. The van der Waals surface area contributed by atoms with E-state index < -0.39 is 0 Å². The lowest BCUT2D eigenvalue weighted by Crippen LogP contribution is -2.42.